The van der Waals surface area contributed by atoms with Crippen LogP contribution in [0.2, 0.25) is 0 Å². The summed E-state index contributed by atoms with van der Waals surface area (Å²) >= 11 is 0. The van der Waals surface area contributed by atoms with Crippen LogP contribution in [0.5, 0.6) is 0 Å². The van der Waals surface area contributed by atoms with Gasteiger partial charge in [-0.1, -0.05) is 31.4 Å². The van der Waals surface area contributed by atoms with Crippen molar-refractivity contribution < 1.29 is 13.5 Å². The van der Waals surface area contributed by atoms with Crippen molar-refractivity contribution in [3.05, 3.63) is 29.8 Å². The predicted molar refractivity (Wildman–Crippen MR) is 79.3 cm³/mol. The topological polar surface area (TPSA) is 66.4 Å². The molecule has 4 nitrogen and oxygen atoms in total. The zero-order valence-electron chi connectivity index (χ0n) is 11.9. The molecule has 0 heterocycles. The Labute approximate surface area is 121 Å². The van der Waals surface area contributed by atoms with Crippen molar-refractivity contribution in [2.24, 2.45) is 0 Å². The molecule has 0 bridgehead atoms. The van der Waals surface area contributed by atoms with Gasteiger partial charge in [-0.05, 0) is 30.5 Å². The van der Waals surface area contributed by atoms with Crippen LogP contribution in [0.25, 0.3) is 0 Å². The van der Waals surface area contributed by atoms with Crippen molar-refractivity contribution >= 4 is 9.84 Å². The first kappa shape index (κ1) is 15.5. The van der Waals surface area contributed by atoms with E-state index in [-0.39, 0.29) is 0 Å². The molecule has 0 saturated heterocycles. The van der Waals surface area contributed by atoms with Crippen LogP contribution in [0.3, 0.4) is 0 Å². The lowest BCUT2D eigenvalue weighted by molar-refractivity contribution is 0.00467. The number of sulfone groups is 1. The first-order valence-electron chi connectivity index (χ1n) is 7.11. The van der Waals surface area contributed by atoms with Gasteiger partial charge in [-0.3, -0.25) is 0 Å². The van der Waals surface area contributed by atoms with E-state index in [1.807, 2.05) is 12.1 Å². The van der Waals surface area contributed by atoms with E-state index in [1.165, 1.54) is 12.7 Å². The smallest absolute Gasteiger partial charge is 0.175 e. The molecule has 1 aromatic carbocycles. The van der Waals surface area contributed by atoms with Crippen LogP contribution in [0, 0.1) is 0 Å². The van der Waals surface area contributed by atoms with Gasteiger partial charge < -0.3 is 10.4 Å². The molecule has 20 heavy (non-hydrogen) atoms. The van der Waals surface area contributed by atoms with E-state index in [9.17, 15) is 13.5 Å². The van der Waals surface area contributed by atoms with Gasteiger partial charge in [-0.15, -0.1) is 0 Å². The minimum atomic E-state index is -3.13. The van der Waals surface area contributed by atoms with Gasteiger partial charge in [0.1, 0.15) is 0 Å². The third-order valence-electron chi connectivity index (χ3n) is 3.92. The molecule has 0 amide bonds. The average molecular weight is 297 g/mol. The molecule has 0 unspecified atom stereocenters. The van der Waals surface area contributed by atoms with Gasteiger partial charge in [0, 0.05) is 19.3 Å². The molecule has 1 aliphatic rings. The van der Waals surface area contributed by atoms with Crippen LogP contribution in [-0.4, -0.2) is 31.9 Å². The standard InChI is InChI=1S/C15H23NO3S/c1-20(18,19)14-7-5-13(6-8-14)11-16-12-15(17)9-3-2-4-10-15/h5-8,16-17H,2-4,9-12H2,1H3. The molecule has 0 aromatic heterocycles. The largest absolute Gasteiger partial charge is 0.389 e. The zero-order chi connectivity index (χ0) is 14.6. The first-order valence-corrected chi connectivity index (χ1v) is 9.00. The zero-order valence-corrected chi connectivity index (χ0v) is 12.7. The highest BCUT2D eigenvalue weighted by atomic mass is 32.2. The Morgan fingerprint density at radius 1 is 1.15 bits per heavy atom. The van der Waals surface area contributed by atoms with Crippen LogP contribution in [0.1, 0.15) is 37.7 Å². The third kappa shape index (κ3) is 4.30. The van der Waals surface area contributed by atoms with Crippen LogP contribution < -0.4 is 5.32 Å². The van der Waals surface area contributed by atoms with Gasteiger partial charge in [0.25, 0.3) is 0 Å². The molecular formula is C15H23NO3S. The summed E-state index contributed by atoms with van der Waals surface area (Å²) in [6.45, 7) is 1.24. The molecule has 2 rings (SSSR count). The second-order valence-electron chi connectivity index (χ2n) is 5.80. The maximum atomic E-state index is 11.4. The van der Waals surface area contributed by atoms with E-state index in [1.54, 1.807) is 12.1 Å². The lowest BCUT2D eigenvalue weighted by Crippen LogP contribution is -2.41. The number of nitrogens with one attached hydrogen (secondary N) is 1. The van der Waals surface area contributed by atoms with E-state index in [2.05, 4.69) is 5.32 Å². The molecular weight excluding hydrogens is 274 g/mol. The quantitative estimate of drug-likeness (QED) is 0.871. The molecule has 1 aromatic rings. The van der Waals surface area contributed by atoms with Crippen molar-refractivity contribution in [1.29, 1.82) is 0 Å². The molecule has 2 N–H and O–H groups in total. The Morgan fingerprint density at radius 3 is 2.30 bits per heavy atom. The predicted octanol–water partition coefficient (Wildman–Crippen LogP) is 1.87. The fourth-order valence-corrected chi connectivity index (χ4v) is 3.31. The molecule has 1 fully saturated rings. The lowest BCUT2D eigenvalue weighted by Gasteiger charge is -2.32. The van der Waals surface area contributed by atoms with Crippen LogP contribution in [0.4, 0.5) is 0 Å². The van der Waals surface area contributed by atoms with E-state index < -0.39 is 15.4 Å². The number of rotatable bonds is 5. The summed E-state index contributed by atoms with van der Waals surface area (Å²) < 4.78 is 22.7. The summed E-state index contributed by atoms with van der Waals surface area (Å²) in [7, 11) is -3.13. The number of benzene rings is 1. The maximum absolute atomic E-state index is 11.4. The summed E-state index contributed by atoms with van der Waals surface area (Å²) in [5, 5.41) is 13.6. The normalized spacial score (nSPS) is 18.9. The van der Waals surface area contributed by atoms with E-state index in [4.69, 9.17) is 0 Å². The molecule has 0 radical (unpaired) electrons. The number of hydrogen-bond acceptors (Lipinski definition) is 4. The summed E-state index contributed by atoms with van der Waals surface area (Å²) in [5.74, 6) is 0. The number of aliphatic hydroxyl groups is 1. The third-order valence-corrected chi connectivity index (χ3v) is 5.05. The van der Waals surface area contributed by atoms with Crippen molar-refractivity contribution in [2.75, 3.05) is 12.8 Å². The van der Waals surface area contributed by atoms with Crippen molar-refractivity contribution in [3.63, 3.8) is 0 Å². The number of hydrogen-bond donors (Lipinski definition) is 2. The summed E-state index contributed by atoms with van der Waals surface area (Å²) in [6.07, 6.45) is 6.36. The van der Waals surface area contributed by atoms with Gasteiger partial charge in [0.05, 0.1) is 10.5 Å². The van der Waals surface area contributed by atoms with Gasteiger partial charge in [-0.25, -0.2) is 8.42 Å². The Hall–Kier alpha value is -0.910. The highest BCUT2D eigenvalue weighted by Gasteiger charge is 2.28. The van der Waals surface area contributed by atoms with E-state index in [0.29, 0.717) is 18.0 Å². The van der Waals surface area contributed by atoms with E-state index in [0.717, 1.165) is 31.2 Å². The lowest BCUT2D eigenvalue weighted by atomic mass is 9.85. The molecule has 1 aliphatic carbocycles. The molecule has 5 heteroatoms. The monoisotopic (exact) mass is 297 g/mol. The highest BCUT2D eigenvalue weighted by Crippen LogP contribution is 2.27. The Morgan fingerprint density at radius 2 is 1.75 bits per heavy atom. The highest BCUT2D eigenvalue weighted by molar-refractivity contribution is 7.90. The van der Waals surface area contributed by atoms with Gasteiger partial charge in [0.15, 0.2) is 9.84 Å². The maximum Gasteiger partial charge on any atom is 0.175 e. The summed E-state index contributed by atoms with van der Waals surface area (Å²) in [4.78, 5) is 0.340. The molecule has 1 saturated carbocycles. The van der Waals surface area contributed by atoms with Crippen LogP contribution in [-0.2, 0) is 16.4 Å². The fourth-order valence-electron chi connectivity index (χ4n) is 2.68. The second-order valence-corrected chi connectivity index (χ2v) is 7.82. The average Bonchev–Trinajstić information content (AvgIpc) is 2.39. The Balaban J connectivity index is 1.85. The minimum absolute atomic E-state index is 0.340. The van der Waals surface area contributed by atoms with Crippen molar-refractivity contribution in [2.45, 2.75) is 49.1 Å². The molecule has 0 aliphatic heterocycles. The molecule has 112 valence electrons. The Kier molecular flexibility index (Phi) is 4.83. The first-order chi connectivity index (χ1) is 9.39. The van der Waals surface area contributed by atoms with Gasteiger partial charge in [0.2, 0.25) is 0 Å². The fraction of sp³-hybridized carbons (Fsp3) is 0.600. The van der Waals surface area contributed by atoms with Gasteiger partial charge in [-0.2, -0.15) is 0 Å². The Bertz CT molecular complexity index is 531. The molecule has 0 spiro atoms. The van der Waals surface area contributed by atoms with Crippen molar-refractivity contribution in [3.8, 4) is 0 Å². The van der Waals surface area contributed by atoms with Crippen LogP contribution >= 0.6 is 0 Å². The van der Waals surface area contributed by atoms with Crippen LogP contribution in [0.15, 0.2) is 29.2 Å². The summed E-state index contributed by atoms with van der Waals surface area (Å²) in [5.41, 5.74) is 0.460. The SMILES string of the molecule is CS(=O)(=O)c1ccc(CNCC2(O)CCCCC2)cc1. The second kappa shape index (κ2) is 6.24. The van der Waals surface area contributed by atoms with Gasteiger partial charge >= 0.3 is 0 Å². The summed E-state index contributed by atoms with van der Waals surface area (Å²) in [6, 6.07) is 6.88. The molecule has 0 atom stereocenters. The van der Waals surface area contributed by atoms with Crippen molar-refractivity contribution in [1.82, 2.24) is 5.32 Å². The minimum Gasteiger partial charge on any atom is -0.389 e. The van der Waals surface area contributed by atoms with E-state index >= 15 is 0 Å².